The lowest BCUT2D eigenvalue weighted by molar-refractivity contribution is 0.597. The van der Waals surface area contributed by atoms with Gasteiger partial charge in [-0.25, -0.2) is 8.42 Å². The molecule has 0 aliphatic heterocycles. The van der Waals surface area contributed by atoms with Gasteiger partial charge in [-0.15, -0.1) is 0 Å². The number of hydrogen-bond donors (Lipinski definition) is 2. The van der Waals surface area contributed by atoms with Gasteiger partial charge in [0.05, 0.1) is 10.6 Å². The summed E-state index contributed by atoms with van der Waals surface area (Å²) in [6.07, 6.45) is 0. The molecule has 0 aliphatic rings. The van der Waals surface area contributed by atoms with Crippen LogP contribution in [0.5, 0.6) is 0 Å². The van der Waals surface area contributed by atoms with E-state index in [2.05, 4.69) is 10.6 Å². The summed E-state index contributed by atoms with van der Waals surface area (Å²) >= 11 is 0. The van der Waals surface area contributed by atoms with Gasteiger partial charge >= 0.3 is 0 Å². The van der Waals surface area contributed by atoms with Crippen LogP contribution in [0.1, 0.15) is 12.5 Å². The van der Waals surface area contributed by atoms with Crippen molar-refractivity contribution in [1.82, 2.24) is 10.6 Å². The Balaban J connectivity index is 2.68. The van der Waals surface area contributed by atoms with Crippen molar-refractivity contribution in [3.8, 4) is 0 Å². The van der Waals surface area contributed by atoms with Gasteiger partial charge in [0.2, 0.25) is 0 Å². The van der Waals surface area contributed by atoms with Gasteiger partial charge in [0.25, 0.3) is 0 Å². The maximum absolute atomic E-state index is 11.5. The number of benzene rings is 1. The van der Waals surface area contributed by atoms with Crippen molar-refractivity contribution in [2.24, 2.45) is 0 Å². The Bertz CT molecular complexity index is 412. The molecule has 90 valence electrons. The molecule has 0 unspecified atom stereocenters. The third kappa shape index (κ3) is 3.59. The third-order valence-electron chi connectivity index (χ3n) is 2.29. The Labute approximate surface area is 97.0 Å². The van der Waals surface area contributed by atoms with E-state index in [0.717, 1.165) is 18.8 Å². The minimum Gasteiger partial charge on any atom is -0.308 e. The summed E-state index contributed by atoms with van der Waals surface area (Å²) in [5, 5.41) is 6.14. The van der Waals surface area contributed by atoms with Gasteiger partial charge in [-0.1, -0.05) is 19.1 Å². The second kappa shape index (κ2) is 5.98. The first-order valence-electron chi connectivity index (χ1n) is 5.27. The molecule has 0 spiro atoms. The number of rotatable bonds is 6. The topological polar surface area (TPSA) is 58.2 Å². The molecule has 0 atom stereocenters. The van der Waals surface area contributed by atoms with Crippen molar-refractivity contribution < 1.29 is 8.42 Å². The fourth-order valence-corrected chi connectivity index (χ4v) is 2.20. The van der Waals surface area contributed by atoms with Crippen LogP contribution in [0.25, 0.3) is 0 Å². The molecular weight excluding hydrogens is 224 g/mol. The van der Waals surface area contributed by atoms with E-state index in [1.54, 1.807) is 19.1 Å². The second-order valence-electron chi connectivity index (χ2n) is 3.50. The van der Waals surface area contributed by atoms with Crippen LogP contribution < -0.4 is 10.6 Å². The highest BCUT2D eigenvalue weighted by Gasteiger charge is 2.10. The number of nitrogens with one attached hydrogen (secondary N) is 2. The van der Waals surface area contributed by atoms with Gasteiger partial charge in [-0.2, -0.15) is 0 Å². The summed E-state index contributed by atoms with van der Waals surface area (Å²) in [4.78, 5) is 0.396. The van der Waals surface area contributed by atoms with Crippen molar-refractivity contribution in [2.75, 3.05) is 19.5 Å². The van der Waals surface area contributed by atoms with Crippen LogP contribution in [0.2, 0.25) is 0 Å². The Morgan fingerprint density at radius 3 is 2.31 bits per heavy atom. The van der Waals surface area contributed by atoms with E-state index in [-0.39, 0.29) is 5.75 Å². The molecule has 2 N–H and O–H groups in total. The van der Waals surface area contributed by atoms with E-state index in [1.165, 1.54) is 0 Å². The van der Waals surface area contributed by atoms with Crippen molar-refractivity contribution in [3.63, 3.8) is 0 Å². The number of hydrogen-bond acceptors (Lipinski definition) is 4. The van der Waals surface area contributed by atoms with Crippen LogP contribution in [-0.2, 0) is 16.4 Å². The fourth-order valence-electron chi connectivity index (χ4n) is 1.31. The smallest absolute Gasteiger partial charge is 0.178 e. The summed E-state index contributed by atoms with van der Waals surface area (Å²) in [5.74, 6) is 0.143. The highest BCUT2D eigenvalue weighted by molar-refractivity contribution is 7.91. The third-order valence-corrected chi connectivity index (χ3v) is 4.04. The zero-order valence-corrected chi connectivity index (χ0v) is 10.5. The van der Waals surface area contributed by atoms with E-state index in [1.807, 2.05) is 19.2 Å². The monoisotopic (exact) mass is 242 g/mol. The number of sulfone groups is 1. The van der Waals surface area contributed by atoms with Crippen molar-refractivity contribution in [1.29, 1.82) is 0 Å². The van der Waals surface area contributed by atoms with Gasteiger partial charge in [0.15, 0.2) is 9.84 Å². The molecule has 5 heteroatoms. The van der Waals surface area contributed by atoms with Crippen molar-refractivity contribution in [3.05, 3.63) is 29.8 Å². The molecule has 0 radical (unpaired) electrons. The molecule has 0 aromatic heterocycles. The summed E-state index contributed by atoms with van der Waals surface area (Å²) in [6.45, 7) is 3.11. The van der Waals surface area contributed by atoms with Gasteiger partial charge in [-0.3, -0.25) is 0 Å². The highest BCUT2D eigenvalue weighted by atomic mass is 32.2. The SMILES string of the molecule is CCS(=O)(=O)c1ccc(CNCNC)cc1. The van der Waals surface area contributed by atoms with Crippen LogP contribution in [0, 0.1) is 0 Å². The Morgan fingerprint density at radius 2 is 1.81 bits per heavy atom. The van der Waals surface area contributed by atoms with Crippen LogP contribution >= 0.6 is 0 Å². The second-order valence-corrected chi connectivity index (χ2v) is 5.78. The average molecular weight is 242 g/mol. The zero-order valence-electron chi connectivity index (χ0n) is 9.66. The van der Waals surface area contributed by atoms with Gasteiger partial charge < -0.3 is 10.6 Å². The average Bonchev–Trinajstić information content (AvgIpc) is 2.30. The Morgan fingerprint density at radius 1 is 1.19 bits per heavy atom. The lowest BCUT2D eigenvalue weighted by Crippen LogP contribution is -2.25. The first-order chi connectivity index (χ1) is 7.60. The Hall–Kier alpha value is -0.910. The predicted octanol–water partition coefficient (Wildman–Crippen LogP) is 0.747. The van der Waals surface area contributed by atoms with Crippen molar-refractivity contribution >= 4 is 9.84 Å². The van der Waals surface area contributed by atoms with Crippen LogP contribution in [0.3, 0.4) is 0 Å². The first-order valence-corrected chi connectivity index (χ1v) is 6.92. The first kappa shape index (κ1) is 13.2. The molecule has 0 saturated heterocycles. The standard InChI is InChI=1S/C11H18N2O2S/c1-3-16(14,15)11-6-4-10(5-7-11)8-13-9-12-2/h4-7,12-13H,3,8-9H2,1-2H3. The van der Waals surface area contributed by atoms with Crippen LogP contribution in [0.4, 0.5) is 0 Å². The zero-order chi connectivity index (χ0) is 12.0. The summed E-state index contributed by atoms with van der Waals surface area (Å²) in [7, 11) is -1.21. The van der Waals surface area contributed by atoms with Gasteiger partial charge in [0, 0.05) is 13.2 Å². The lowest BCUT2D eigenvalue weighted by Gasteiger charge is -2.05. The summed E-state index contributed by atoms with van der Waals surface area (Å²) < 4.78 is 23.1. The minimum absolute atomic E-state index is 0.143. The maximum Gasteiger partial charge on any atom is 0.178 e. The van der Waals surface area contributed by atoms with Crippen molar-refractivity contribution in [2.45, 2.75) is 18.4 Å². The molecule has 0 bridgehead atoms. The molecule has 0 heterocycles. The predicted molar refractivity (Wildman–Crippen MR) is 64.9 cm³/mol. The minimum atomic E-state index is -3.07. The molecular formula is C11H18N2O2S. The van der Waals surface area contributed by atoms with Crippen LogP contribution in [0.15, 0.2) is 29.2 Å². The maximum atomic E-state index is 11.5. The van der Waals surface area contributed by atoms with E-state index < -0.39 is 9.84 Å². The molecule has 0 amide bonds. The summed E-state index contributed by atoms with van der Waals surface area (Å²) in [6, 6.07) is 7.00. The van der Waals surface area contributed by atoms with E-state index in [9.17, 15) is 8.42 Å². The molecule has 0 aliphatic carbocycles. The highest BCUT2D eigenvalue weighted by Crippen LogP contribution is 2.12. The van der Waals surface area contributed by atoms with E-state index in [4.69, 9.17) is 0 Å². The molecule has 1 aromatic carbocycles. The van der Waals surface area contributed by atoms with E-state index in [0.29, 0.717) is 4.90 Å². The normalized spacial score (nSPS) is 11.6. The van der Waals surface area contributed by atoms with Gasteiger partial charge in [-0.05, 0) is 24.7 Å². The fraction of sp³-hybridized carbons (Fsp3) is 0.455. The summed E-state index contributed by atoms with van der Waals surface area (Å²) in [5.41, 5.74) is 1.07. The molecule has 16 heavy (non-hydrogen) atoms. The van der Waals surface area contributed by atoms with Crippen LogP contribution in [-0.4, -0.2) is 27.9 Å². The molecule has 1 rings (SSSR count). The lowest BCUT2D eigenvalue weighted by atomic mass is 10.2. The molecule has 0 saturated carbocycles. The molecule has 4 nitrogen and oxygen atoms in total. The molecule has 0 fully saturated rings. The largest absolute Gasteiger partial charge is 0.308 e. The van der Waals surface area contributed by atoms with E-state index >= 15 is 0 Å². The van der Waals surface area contributed by atoms with Gasteiger partial charge in [0.1, 0.15) is 0 Å². The molecule has 1 aromatic rings. The Kier molecular flexibility index (Phi) is 4.92. The quantitative estimate of drug-likeness (QED) is 0.571.